The predicted octanol–water partition coefficient (Wildman–Crippen LogP) is 0.923. The van der Waals surface area contributed by atoms with Gasteiger partial charge in [0.05, 0.1) is 12.4 Å². The van der Waals surface area contributed by atoms with E-state index in [2.05, 4.69) is 4.74 Å². The topological polar surface area (TPSA) is 63.6 Å². The van der Waals surface area contributed by atoms with Crippen LogP contribution in [-0.4, -0.2) is 35.2 Å². The monoisotopic (exact) mass is 204 g/mol. The van der Waals surface area contributed by atoms with E-state index < -0.39 is 5.97 Å². The summed E-state index contributed by atoms with van der Waals surface area (Å²) in [6.07, 6.45) is 2.55. The van der Waals surface area contributed by atoms with Crippen LogP contribution in [0.15, 0.2) is 12.2 Å². The first kappa shape index (κ1) is 12.0. The first-order chi connectivity index (χ1) is 6.16. The molecule has 74 valence electrons. The first-order valence-electron chi connectivity index (χ1n) is 3.79. The quantitative estimate of drug-likeness (QED) is 0.396. The SMILES string of the molecule is CCOC(=O)CSCC=CC(=O)O. The summed E-state index contributed by atoms with van der Waals surface area (Å²) in [7, 11) is 0. The van der Waals surface area contributed by atoms with E-state index in [0.717, 1.165) is 6.08 Å². The van der Waals surface area contributed by atoms with Gasteiger partial charge in [0.1, 0.15) is 0 Å². The number of thioether (sulfide) groups is 1. The van der Waals surface area contributed by atoms with Crippen LogP contribution >= 0.6 is 11.8 Å². The third-order valence-electron chi connectivity index (χ3n) is 1.000. The van der Waals surface area contributed by atoms with Crippen molar-refractivity contribution in [1.29, 1.82) is 0 Å². The second kappa shape index (κ2) is 7.67. The molecule has 0 saturated carbocycles. The van der Waals surface area contributed by atoms with Crippen molar-refractivity contribution in [3.63, 3.8) is 0 Å². The van der Waals surface area contributed by atoms with Crippen LogP contribution in [0.25, 0.3) is 0 Å². The zero-order chi connectivity index (χ0) is 10.1. The fourth-order valence-electron chi connectivity index (χ4n) is 0.562. The van der Waals surface area contributed by atoms with Gasteiger partial charge in [0.25, 0.3) is 0 Å². The molecule has 0 aliphatic carbocycles. The highest BCUT2D eigenvalue weighted by atomic mass is 32.2. The van der Waals surface area contributed by atoms with Crippen molar-refractivity contribution in [3.05, 3.63) is 12.2 Å². The van der Waals surface area contributed by atoms with Crippen molar-refractivity contribution in [1.82, 2.24) is 0 Å². The normalized spacial score (nSPS) is 10.2. The van der Waals surface area contributed by atoms with E-state index in [1.165, 1.54) is 17.8 Å². The molecule has 0 aromatic carbocycles. The summed E-state index contributed by atoms with van der Waals surface area (Å²) >= 11 is 1.32. The van der Waals surface area contributed by atoms with Crippen LogP contribution in [0.3, 0.4) is 0 Å². The number of rotatable bonds is 6. The third-order valence-corrected chi connectivity index (χ3v) is 1.87. The highest BCUT2D eigenvalue weighted by molar-refractivity contribution is 8.00. The van der Waals surface area contributed by atoms with Crippen LogP contribution in [-0.2, 0) is 14.3 Å². The van der Waals surface area contributed by atoms with Gasteiger partial charge in [-0.2, -0.15) is 0 Å². The van der Waals surface area contributed by atoms with E-state index >= 15 is 0 Å². The number of hydrogen-bond donors (Lipinski definition) is 1. The lowest BCUT2D eigenvalue weighted by molar-refractivity contribution is -0.139. The van der Waals surface area contributed by atoms with Crippen LogP contribution in [0.1, 0.15) is 6.92 Å². The lowest BCUT2D eigenvalue weighted by atomic mass is 10.5. The minimum atomic E-state index is -0.975. The molecule has 0 bridgehead atoms. The largest absolute Gasteiger partial charge is 0.478 e. The van der Waals surface area contributed by atoms with Crippen LogP contribution in [0.5, 0.6) is 0 Å². The van der Waals surface area contributed by atoms with Gasteiger partial charge in [-0.05, 0) is 6.92 Å². The lowest BCUT2D eigenvalue weighted by Gasteiger charge is -1.98. The number of esters is 1. The van der Waals surface area contributed by atoms with Crippen LogP contribution < -0.4 is 0 Å². The van der Waals surface area contributed by atoms with E-state index in [0.29, 0.717) is 12.4 Å². The fraction of sp³-hybridized carbons (Fsp3) is 0.500. The number of carboxylic acid groups (broad SMARTS) is 1. The first-order valence-corrected chi connectivity index (χ1v) is 4.95. The molecular formula is C8H12O4S. The van der Waals surface area contributed by atoms with E-state index in [9.17, 15) is 9.59 Å². The van der Waals surface area contributed by atoms with Crippen molar-refractivity contribution < 1.29 is 19.4 Å². The Morgan fingerprint density at radius 2 is 2.23 bits per heavy atom. The molecule has 0 amide bonds. The third kappa shape index (κ3) is 8.94. The second-order valence-electron chi connectivity index (χ2n) is 2.06. The number of carboxylic acids is 1. The highest BCUT2D eigenvalue weighted by Crippen LogP contribution is 2.00. The van der Waals surface area contributed by atoms with Crippen molar-refractivity contribution in [3.8, 4) is 0 Å². The Labute approximate surface area is 81.0 Å². The maximum absolute atomic E-state index is 10.8. The Balaban J connectivity index is 3.35. The number of carbonyl (C=O) groups is 2. The Morgan fingerprint density at radius 1 is 1.54 bits per heavy atom. The van der Waals surface area contributed by atoms with Crippen molar-refractivity contribution in [2.75, 3.05) is 18.1 Å². The van der Waals surface area contributed by atoms with Gasteiger partial charge in [-0.25, -0.2) is 4.79 Å². The fourth-order valence-corrected chi connectivity index (χ4v) is 1.16. The van der Waals surface area contributed by atoms with Gasteiger partial charge >= 0.3 is 11.9 Å². The molecule has 0 aromatic heterocycles. The summed E-state index contributed by atoms with van der Waals surface area (Å²) in [5.41, 5.74) is 0. The molecular weight excluding hydrogens is 192 g/mol. The van der Waals surface area contributed by atoms with Gasteiger partial charge in [-0.1, -0.05) is 6.08 Å². The molecule has 1 N–H and O–H groups in total. The molecule has 0 saturated heterocycles. The summed E-state index contributed by atoms with van der Waals surface area (Å²) in [6.45, 7) is 2.12. The Hall–Kier alpha value is -0.970. The molecule has 0 heterocycles. The van der Waals surface area contributed by atoms with Crippen molar-refractivity contribution >= 4 is 23.7 Å². The van der Waals surface area contributed by atoms with Gasteiger partial charge in [0, 0.05) is 11.8 Å². The molecule has 0 aliphatic rings. The minimum absolute atomic E-state index is 0.262. The van der Waals surface area contributed by atoms with Gasteiger partial charge in [-0.15, -0.1) is 11.8 Å². The highest BCUT2D eigenvalue weighted by Gasteiger charge is 1.99. The molecule has 0 aromatic rings. The predicted molar refractivity (Wildman–Crippen MR) is 50.7 cm³/mol. The summed E-state index contributed by atoms with van der Waals surface area (Å²) in [5.74, 6) is -0.476. The van der Waals surface area contributed by atoms with Gasteiger partial charge in [0.2, 0.25) is 0 Å². The minimum Gasteiger partial charge on any atom is -0.478 e. The maximum atomic E-state index is 10.8. The number of aliphatic carboxylic acids is 1. The maximum Gasteiger partial charge on any atom is 0.328 e. The summed E-state index contributed by atoms with van der Waals surface area (Å²) in [5, 5.41) is 8.22. The van der Waals surface area contributed by atoms with E-state index in [1.807, 2.05) is 0 Å². The molecule has 13 heavy (non-hydrogen) atoms. The summed E-state index contributed by atoms with van der Waals surface area (Å²) < 4.78 is 4.67. The van der Waals surface area contributed by atoms with Gasteiger partial charge in [-0.3, -0.25) is 4.79 Å². The second-order valence-corrected chi connectivity index (χ2v) is 3.09. The van der Waals surface area contributed by atoms with E-state index in [1.54, 1.807) is 6.92 Å². The molecule has 0 unspecified atom stereocenters. The zero-order valence-corrected chi connectivity index (χ0v) is 8.17. The Bertz CT molecular complexity index is 200. The standard InChI is InChI=1S/C8H12O4S/c1-2-12-8(11)6-13-5-3-4-7(9)10/h3-4H,2,5-6H2,1H3,(H,9,10). The molecule has 4 nitrogen and oxygen atoms in total. The summed E-state index contributed by atoms with van der Waals surface area (Å²) in [6, 6.07) is 0. The lowest BCUT2D eigenvalue weighted by Crippen LogP contribution is -2.06. The Morgan fingerprint density at radius 3 is 2.77 bits per heavy atom. The van der Waals surface area contributed by atoms with Crippen LogP contribution in [0.4, 0.5) is 0 Å². The Kier molecular flexibility index (Phi) is 7.10. The molecule has 0 aliphatic heterocycles. The van der Waals surface area contributed by atoms with Gasteiger partial charge in [0.15, 0.2) is 0 Å². The molecule has 0 atom stereocenters. The van der Waals surface area contributed by atoms with Crippen LogP contribution in [0, 0.1) is 0 Å². The molecule has 0 radical (unpaired) electrons. The van der Waals surface area contributed by atoms with Crippen LogP contribution in [0.2, 0.25) is 0 Å². The van der Waals surface area contributed by atoms with Gasteiger partial charge < -0.3 is 9.84 Å². The number of ether oxygens (including phenoxy) is 1. The average Bonchev–Trinajstić information content (AvgIpc) is 2.03. The molecule has 0 spiro atoms. The average molecular weight is 204 g/mol. The van der Waals surface area contributed by atoms with E-state index in [4.69, 9.17) is 5.11 Å². The smallest absolute Gasteiger partial charge is 0.328 e. The number of carbonyl (C=O) groups excluding carboxylic acids is 1. The molecule has 5 heteroatoms. The van der Waals surface area contributed by atoms with Crippen molar-refractivity contribution in [2.24, 2.45) is 0 Å². The molecule has 0 rings (SSSR count). The number of hydrogen-bond acceptors (Lipinski definition) is 4. The molecule has 0 fully saturated rings. The summed E-state index contributed by atoms with van der Waals surface area (Å²) in [4.78, 5) is 20.8. The van der Waals surface area contributed by atoms with Crippen molar-refractivity contribution in [2.45, 2.75) is 6.92 Å². The zero-order valence-electron chi connectivity index (χ0n) is 7.36. The van der Waals surface area contributed by atoms with E-state index in [-0.39, 0.29) is 11.7 Å².